The zero-order chi connectivity index (χ0) is 33.5. The molecule has 26 rings (SSSR count). The molecule has 7 aromatic rings. The second kappa shape index (κ2) is 14.5. The van der Waals surface area contributed by atoms with Crippen LogP contribution < -0.4 is 27.7 Å². The summed E-state index contributed by atoms with van der Waals surface area (Å²) in [5.74, 6) is 1.67. The molecule has 0 radical (unpaired) electrons. The summed E-state index contributed by atoms with van der Waals surface area (Å²) in [6.07, 6.45) is 17.1. The van der Waals surface area contributed by atoms with Crippen LogP contribution in [0.2, 0.25) is 0 Å². The number of rotatable bonds is 0. The summed E-state index contributed by atoms with van der Waals surface area (Å²) in [6.45, 7) is 4.33. The largest absolute Gasteiger partial charge is 0.487 e. The molecule has 23 heterocycles. The molecule has 6 heteroatoms. The maximum Gasteiger partial charge on any atom is 0.182 e. The number of pyridine rings is 4. The fourth-order valence-electron chi connectivity index (χ4n) is 6.30. The SMILES string of the molecule is c1cc2ccc1C[n+]1ccc(cc1)-c1cc[n+](cc1)CCOc1ccc(cc1)OCC[n+]1ccc(cc1)-c1cc[n+](cc1)Cc1ccc-2cc1. The van der Waals surface area contributed by atoms with E-state index in [1.165, 1.54) is 44.5 Å². The quantitative estimate of drug-likeness (QED) is 0.177. The van der Waals surface area contributed by atoms with E-state index in [1.54, 1.807) is 0 Å². The van der Waals surface area contributed by atoms with Crippen LogP contribution in [0.5, 0.6) is 11.5 Å². The smallest absolute Gasteiger partial charge is 0.182 e. The molecule has 0 saturated heterocycles. The lowest BCUT2D eigenvalue weighted by Gasteiger charge is -2.07. The first kappa shape index (κ1) is 31.1. The van der Waals surface area contributed by atoms with Crippen LogP contribution in [0.4, 0.5) is 0 Å². The minimum Gasteiger partial charge on any atom is -0.487 e. The molecule has 50 heavy (non-hydrogen) atoms. The van der Waals surface area contributed by atoms with Gasteiger partial charge in [0.15, 0.2) is 75.8 Å². The lowest BCUT2D eigenvalue weighted by Crippen LogP contribution is -2.35. The Morgan fingerprint density at radius 1 is 0.300 bits per heavy atom. The molecule has 0 saturated carbocycles. The summed E-state index contributed by atoms with van der Waals surface area (Å²) in [6, 6.07) is 43.0. The van der Waals surface area contributed by atoms with Crippen LogP contribution in [0.3, 0.4) is 0 Å². The molecule has 3 aromatic carbocycles. The van der Waals surface area contributed by atoms with Crippen LogP contribution in [0.25, 0.3) is 33.4 Å². The Hall–Kier alpha value is -6.14. The third-order valence-electron chi connectivity index (χ3n) is 9.26. The Morgan fingerprint density at radius 2 is 0.580 bits per heavy atom. The Balaban J connectivity index is 0.999. The van der Waals surface area contributed by atoms with E-state index in [1.807, 2.05) is 24.3 Å². The minimum atomic E-state index is 0.582. The molecule has 0 N–H and O–H groups in total. The number of benzene rings is 3. The predicted octanol–water partition coefficient (Wildman–Crippen LogP) is 6.41. The Bertz CT molecular complexity index is 1990. The van der Waals surface area contributed by atoms with Crippen LogP contribution in [-0.4, -0.2) is 13.2 Å². The second-order valence-electron chi connectivity index (χ2n) is 12.7. The second-order valence-corrected chi connectivity index (χ2v) is 12.7. The van der Waals surface area contributed by atoms with Crippen LogP contribution in [0.1, 0.15) is 11.1 Å². The normalized spacial score (nSPS) is 13.0. The fraction of sp³-hybridized carbons (Fsp3) is 0.136. The molecular weight excluding hydrogens is 617 g/mol. The first-order valence-electron chi connectivity index (χ1n) is 17.2. The van der Waals surface area contributed by atoms with Gasteiger partial charge in [-0.1, -0.05) is 48.5 Å². The average molecular weight is 657 g/mol. The van der Waals surface area contributed by atoms with Gasteiger partial charge in [-0.2, -0.15) is 0 Å². The molecule has 4 aromatic heterocycles. The molecule has 0 unspecified atom stereocenters. The Kier molecular flexibility index (Phi) is 9.06. The lowest BCUT2D eigenvalue weighted by atomic mass is 10.0. The molecule has 244 valence electrons. The first-order chi connectivity index (χ1) is 24.7. The predicted molar refractivity (Wildman–Crippen MR) is 192 cm³/mol. The molecule has 19 aliphatic rings. The topological polar surface area (TPSA) is 34.0 Å². The van der Waals surface area contributed by atoms with E-state index in [4.69, 9.17) is 9.47 Å². The van der Waals surface area contributed by atoms with Gasteiger partial charge >= 0.3 is 0 Å². The summed E-state index contributed by atoms with van der Waals surface area (Å²) in [5.41, 5.74) is 9.77. The fourth-order valence-corrected chi connectivity index (χ4v) is 6.30. The van der Waals surface area contributed by atoms with Crippen molar-refractivity contribution in [1.82, 2.24) is 0 Å². The van der Waals surface area contributed by atoms with Crippen LogP contribution >= 0.6 is 0 Å². The van der Waals surface area contributed by atoms with E-state index < -0.39 is 0 Å². The van der Waals surface area contributed by atoms with Crippen molar-refractivity contribution >= 4 is 0 Å². The zero-order valence-corrected chi connectivity index (χ0v) is 28.0. The third kappa shape index (κ3) is 7.61. The van der Waals surface area contributed by atoms with E-state index in [2.05, 4.69) is 165 Å². The Morgan fingerprint density at radius 3 is 0.900 bits per heavy atom. The summed E-state index contributed by atoms with van der Waals surface area (Å²) in [5, 5.41) is 0. The number of hydrogen-bond donors (Lipinski definition) is 0. The van der Waals surface area contributed by atoms with Gasteiger partial charge in [-0.3, -0.25) is 0 Å². The van der Waals surface area contributed by atoms with Crippen molar-refractivity contribution in [3.63, 3.8) is 0 Å². The minimum absolute atomic E-state index is 0.582. The maximum absolute atomic E-state index is 6.02. The van der Waals surface area contributed by atoms with Gasteiger partial charge in [0, 0.05) is 59.7 Å². The molecule has 0 atom stereocenters. The monoisotopic (exact) mass is 656 g/mol. The lowest BCUT2D eigenvalue weighted by molar-refractivity contribution is -0.697. The van der Waals surface area contributed by atoms with Crippen molar-refractivity contribution in [3.05, 3.63) is 182 Å². The van der Waals surface area contributed by atoms with Crippen molar-refractivity contribution in [2.24, 2.45) is 0 Å². The summed E-state index contributed by atoms with van der Waals surface area (Å²) in [7, 11) is 0. The highest BCUT2D eigenvalue weighted by Gasteiger charge is 2.11. The van der Waals surface area contributed by atoms with E-state index in [9.17, 15) is 0 Å². The van der Waals surface area contributed by atoms with Crippen molar-refractivity contribution in [3.8, 4) is 44.9 Å². The molecule has 0 aliphatic carbocycles. The number of aromatic nitrogens is 4. The van der Waals surface area contributed by atoms with Gasteiger partial charge in [0.25, 0.3) is 0 Å². The molecule has 0 amide bonds. The van der Waals surface area contributed by atoms with Crippen molar-refractivity contribution in [1.29, 1.82) is 0 Å². The highest BCUT2D eigenvalue weighted by Crippen LogP contribution is 2.22. The third-order valence-corrected chi connectivity index (χ3v) is 9.26. The van der Waals surface area contributed by atoms with Crippen molar-refractivity contribution in [2.75, 3.05) is 13.2 Å². The van der Waals surface area contributed by atoms with Crippen LogP contribution in [0.15, 0.2) is 171 Å². The van der Waals surface area contributed by atoms with Gasteiger partial charge < -0.3 is 9.47 Å². The van der Waals surface area contributed by atoms with Gasteiger partial charge in [-0.15, -0.1) is 0 Å². The van der Waals surface area contributed by atoms with Gasteiger partial charge in [-0.25, -0.2) is 18.3 Å². The van der Waals surface area contributed by atoms with Crippen LogP contribution in [-0.2, 0) is 26.2 Å². The van der Waals surface area contributed by atoms with Gasteiger partial charge in [0.05, 0.1) is 0 Å². The van der Waals surface area contributed by atoms with E-state index in [-0.39, 0.29) is 0 Å². The number of ether oxygens (including phenoxy) is 2. The maximum atomic E-state index is 6.02. The van der Waals surface area contributed by atoms with Gasteiger partial charge in [0.2, 0.25) is 0 Å². The van der Waals surface area contributed by atoms with E-state index in [0.717, 1.165) is 37.7 Å². The van der Waals surface area contributed by atoms with Crippen molar-refractivity contribution < 1.29 is 27.7 Å². The summed E-state index contributed by atoms with van der Waals surface area (Å²) in [4.78, 5) is 0. The number of nitrogens with zero attached hydrogens (tertiary/aromatic N) is 4. The van der Waals surface area contributed by atoms with Gasteiger partial charge in [0.1, 0.15) is 24.7 Å². The highest BCUT2D eigenvalue weighted by molar-refractivity contribution is 5.64. The molecule has 6 nitrogen and oxygen atoms in total. The zero-order valence-electron chi connectivity index (χ0n) is 28.0. The average Bonchev–Trinajstić information content (AvgIpc) is 3.17. The van der Waals surface area contributed by atoms with E-state index >= 15 is 0 Å². The molecule has 14 bridgehead atoms. The first-order valence-corrected chi connectivity index (χ1v) is 17.2. The molecule has 0 spiro atoms. The standard InChI is InChI=1S/C44H40N4O2/c1-5-37-6-2-35(1)33-47-25-17-41(18-26-47)39-13-21-45(22-14-39)29-31-49-43-9-11-44(12-10-43)50-32-30-46-23-15-40(16-24-46)42-19-27-48(28-20-42)34-36-3-7-38(37)8-4-36/h1-28H,29-34H2/q+4. The van der Waals surface area contributed by atoms with Crippen molar-refractivity contribution in [2.45, 2.75) is 26.2 Å². The Labute approximate surface area is 293 Å². The molecule has 19 aliphatic heterocycles. The summed E-state index contributed by atoms with van der Waals surface area (Å²) >= 11 is 0. The number of hydrogen-bond acceptors (Lipinski definition) is 2. The molecular formula is C44H40N4O2+4. The van der Waals surface area contributed by atoms with Crippen LogP contribution in [0, 0.1) is 0 Å². The molecule has 0 fully saturated rings. The van der Waals surface area contributed by atoms with Gasteiger partial charge in [-0.05, 0) is 57.6 Å². The highest BCUT2D eigenvalue weighted by atomic mass is 16.5. The van der Waals surface area contributed by atoms with E-state index in [0.29, 0.717) is 13.2 Å². The summed E-state index contributed by atoms with van der Waals surface area (Å²) < 4.78 is 20.8.